The number of rotatable bonds is 7. The maximum absolute atomic E-state index is 12.7. The number of hydrogen-bond acceptors (Lipinski definition) is 6. The zero-order valence-corrected chi connectivity index (χ0v) is 17.1. The van der Waals surface area contributed by atoms with Crippen LogP contribution in [0.2, 0.25) is 0 Å². The summed E-state index contributed by atoms with van der Waals surface area (Å²) < 4.78 is 26.8. The summed E-state index contributed by atoms with van der Waals surface area (Å²) in [6, 6.07) is 16.0. The van der Waals surface area contributed by atoms with Crippen molar-refractivity contribution < 1.29 is 13.2 Å². The van der Waals surface area contributed by atoms with Crippen molar-refractivity contribution in [3.8, 4) is 0 Å². The molecule has 154 valence electrons. The fourth-order valence-corrected chi connectivity index (χ4v) is 4.33. The summed E-state index contributed by atoms with van der Waals surface area (Å²) in [5, 5.41) is 10.2. The van der Waals surface area contributed by atoms with Crippen molar-refractivity contribution in [3.05, 3.63) is 60.2 Å². The average molecular weight is 416 g/mol. The maximum atomic E-state index is 12.7. The van der Waals surface area contributed by atoms with E-state index < -0.39 is 10.0 Å². The van der Waals surface area contributed by atoms with Crippen molar-refractivity contribution in [1.82, 2.24) is 15.0 Å². The van der Waals surface area contributed by atoms with Crippen LogP contribution in [-0.4, -0.2) is 57.1 Å². The van der Waals surface area contributed by atoms with Crippen molar-refractivity contribution in [2.24, 2.45) is 5.10 Å². The van der Waals surface area contributed by atoms with E-state index >= 15 is 0 Å². The van der Waals surface area contributed by atoms with E-state index in [1.807, 2.05) is 30.3 Å². The fraction of sp³-hybridized carbons (Fsp3) is 0.300. The molecule has 0 aliphatic carbocycles. The fourth-order valence-electron chi connectivity index (χ4n) is 2.89. The number of nitrogens with one attached hydrogen (secondary N) is 3. The molecule has 8 nitrogen and oxygen atoms in total. The van der Waals surface area contributed by atoms with E-state index in [1.54, 1.807) is 31.2 Å². The highest BCUT2D eigenvalue weighted by Crippen LogP contribution is 2.17. The molecule has 1 aliphatic heterocycles. The van der Waals surface area contributed by atoms with Crippen LogP contribution in [0, 0.1) is 0 Å². The Bertz CT molecular complexity index is 953. The van der Waals surface area contributed by atoms with Gasteiger partial charge in [-0.3, -0.25) is 4.79 Å². The first-order valence-corrected chi connectivity index (χ1v) is 10.8. The molecule has 2 aromatic carbocycles. The van der Waals surface area contributed by atoms with Crippen molar-refractivity contribution in [1.29, 1.82) is 0 Å². The first-order valence-electron chi connectivity index (χ1n) is 9.40. The van der Waals surface area contributed by atoms with Crippen LogP contribution >= 0.6 is 0 Å². The lowest BCUT2D eigenvalue weighted by Crippen LogP contribution is -2.46. The number of piperazine rings is 1. The van der Waals surface area contributed by atoms with Gasteiger partial charge in [0.2, 0.25) is 10.0 Å². The van der Waals surface area contributed by atoms with Gasteiger partial charge in [0.15, 0.2) is 0 Å². The minimum Gasteiger partial charge on any atom is -0.376 e. The summed E-state index contributed by atoms with van der Waals surface area (Å²) in [4.78, 5) is 12.2. The summed E-state index contributed by atoms with van der Waals surface area (Å²) in [5.74, 6) is -0.272. The molecule has 1 fully saturated rings. The van der Waals surface area contributed by atoms with Gasteiger partial charge in [-0.1, -0.05) is 30.3 Å². The van der Waals surface area contributed by atoms with Gasteiger partial charge in [0.1, 0.15) is 0 Å². The van der Waals surface area contributed by atoms with Crippen LogP contribution in [0.1, 0.15) is 12.5 Å². The lowest BCUT2D eigenvalue weighted by Gasteiger charge is -2.26. The number of carbonyl (C=O) groups excluding carboxylic acids is 1. The molecule has 3 N–H and O–H groups in total. The standard InChI is InChI=1S/C20H25N5O3S/c1-16(23-24-20(26)15-22-18-5-3-2-4-6-18)17-7-9-19(10-8-17)29(27,28)25-13-11-21-12-14-25/h2-10,21-22H,11-15H2,1H3,(H,24,26)/b23-16-. The van der Waals surface area contributed by atoms with E-state index in [-0.39, 0.29) is 17.3 Å². The SMILES string of the molecule is C/C(=N/NC(=O)CNc1ccccc1)c1ccc(S(=O)(=O)N2CCNCC2)cc1. The van der Waals surface area contributed by atoms with Crippen LogP contribution < -0.4 is 16.1 Å². The van der Waals surface area contributed by atoms with Crippen LogP contribution in [0.5, 0.6) is 0 Å². The van der Waals surface area contributed by atoms with Gasteiger partial charge in [-0.05, 0) is 36.8 Å². The minimum absolute atomic E-state index is 0.0999. The van der Waals surface area contributed by atoms with E-state index in [9.17, 15) is 13.2 Å². The van der Waals surface area contributed by atoms with E-state index in [4.69, 9.17) is 0 Å². The van der Waals surface area contributed by atoms with Gasteiger partial charge in [-0.15, -0.1) is 0 Å². The molecule has 0 radical (unpaired) electrons. The van der Waals surface area contributed by atoms with Gasteiger partial charge in [0, 0.05) is 31.9 Å². The molecule has 0 unspecified atom stereocenters. The Morgan fingerprint density at radius 3 is 2.38 bits per heavy atom. The smallest absolute Gasteiger partial charge is 0.259 e. The largest absolute Gasteiger partial charge is 0.376 e. The Morgan fingerprint density at radius 2 is 1.72 bits per heavy atom. The number of carbonyl (C=O) groups is 1. The van der Waals surface area contributed by atoms with Crippen molar-refractivity contribution in [3.63, 3.8) is 0 Å². The quantitative estimate of drug-likeness (QED) is 0.466. The molecule has 29 heavy (non-hydrogen) atoms. The van der Waals surface area contributed by atoms with Crippen LogP contribution in [0.3, 0.4) is 0 Å². The molecule has 0 bridgehead atoms. The first-order chi connectivity index (χ1) is 14.0. The number of benzene rings is 2. The Hall–Kier alpha value is -2.75. The summed E-state index contributed by atoms with van der Waals surface area (Å²) in [5.41, 5.74) is 4.68. The third-order valence-corrected chi connectivity index (χ3v) is 6.47. The van der Waals surface area contributed by atoms with Crippen molar-refractivity contribution >= 4 is 27.3 Å². The molecular weight excluding hydrogens is 390 g/mol. The predicted molar refractivity (Wildman–Crippen MR) is 113 cm³/mol. The molecule has 1 amide bonds. The lowest BCUT2D eigenvalue weighted by molar-refractivity contribution is -0.119. The highest BCUT2D eigenvalue weighted by molar-refractivity contribution is 7.89. The van der Waals surface area contributed by atoms with E-state index in [0.29, 0.717) is 31.9 Å². The average Bonchev–Trinajstić information content (AvgIpc) is 2.77. The number of nitrogens with zero attached hydrogens (tertiary/aromatic N) is 2. The molecule has 1 heterocycles. The second kappa shape index (κ2) is 9.64. The molecule has 2 aromatic rings. The predicted octanol–water partition coefficient (Wildman–Crippen LogP) is 1.23. The van der Waals surface area contributed by atoms with Gasteiger partial charge in [0.05, 0.1) is 17.2 Å². The van der Waals surface area contributed by atoms with Gasteiger partial charge in [-0.25, -0.2) is 13.8 Å². The third kappa shape index (κ3) is 5.63. The van der Waals surface area contributed by atoms with Crippen LogP contribution in [-0.2, 0) is 14.8 Å². The molecule has 0 aromatic heterocycles. The molecular formula is C20H25N5O3S. The zero-order valence-electron chi connectivity index (χ0n) is 16.3. The number of anilines is 1. The zero-order chi connectivity index (χ0) is 20.7. The summed E-state index contributed by atoms with van der Waals surface area (Å²) in [7, 11) is -3.49. The Balaban J connectivity index is 1.57. The van der Waals surface area contributed by atoms with E-state index in [1.165, 1.54) is 4.31 Å². The monoisotopic (exact) mass is 415 g/mol. The van der Waals surface area contributed by atoms with Crippen LogP contribution in [0.4, 0.5) is 5.69 Å². The molecule has 1 saturated heterocycles. The number of para-hydroxylation sites is 1. The van der Waals surface area contributed by atoms with Crippen molar-refractivity contribution in [2.75, 3.05) is 38.0 Å². The maximum Gasteiger partial charge on any atom is 0.259 e. The number of hydrogen-bond donors (Lipinski definition) is 3. The van der Waals surface area contributed by atoms with Crippen molar-refractivity contribution in [2.45, 2.75) is 11.8 Å². The molecule has 9 heteroatoms. The van der Waals surface area contributed by atoms with Gasteiger partial charge in [-0.2, -0.15) is 9.41 Å². The highest BCUT2D eigenvalue weighted by atomic mass is 32.2. The lowest BCUT2D eigenvalue weighted by atomic mass is 10.1. The molecule has 0 saturated carbocycles. The van der Waals surface area contributed by atoms with Gasteiger partial charge >= 0.3 is 0 Å². The second-order valence-electron chi connectivity index (χ2n) is 6.63. The summed E-state index contributed by atoms with van der Waals surface area (Å²) in [6.45, 7) is 4.10. The highest BCUT2D eigenvalue weighted by Gasteiger charge is 2.25. The normalized spacial score (nSPS) is 15.7. The second-order valence-corrected chi connectivity index (χ2v) is 8.57. The molecule has 1 aliphatic rings. The number of sulfonamides is 1. The van der Waals surface area contributed by atoms with E-state index in [0.717, 1.165) is 11.3 Å². The number of amides is 1. The Kier molecular flexibility index (Phi) is 6.97. The first kappa shape index (κ1) is 21.0. The number of hydrazone groups is 1. The molecule has 0 spiro atoms. The summed E-state index contributed by atoms with van der Waals surface area (Å²) in [6.07, 6.45) is 0. The topological polar surface area (TPSA) is 103 Å². The van der Waals surface area contributed by atoms with Crippen LogP contribution in [0.25, 0.3) is 0 Å². The Morgan fingerprint density at radius 1 is 1.07 bits per heavy atom. The minimum atomic E-state index is -3.49. The molecule has 0 atom stereocenters. The summed E-state index contributed by atoms with van der Waals surface area (Å²) >= 11 is 0. The van der Waals surface area contributed by atoms with E-state index in [2.05, 4.69) is 21.2 Å². The van der Waals surface area contributed by atoms with Crippen LogP contribution in [0.15, 0.2) is 64.6 Å². The van der Waals surface area contributed by atoms with Gasteiger partial charge in [0.25, 0.3) is 5.91 Å². The molecule has 3 rings (SSSR count). The van der Waals surface area contributed by atoms with Gasteiger partial charge < -0.3 is 10.6 Å². The Labute approximate surface area is 171 Å². The third-order valence-electron chi connectivity index (χ3n) is 4.56.